The van der Waals surface area contributed by atoms with Crippen LogP contribution in [0.2, 0.25) is 0 Å². The van der Waals surface area contributed by atoms with Gasteiger partial charge >= 0.3 is 37.1 Å². The summed E-state index contributed by atoms with van der Waals surface area (Å²) in [5.74, 6) is 0. The molecule has 5 nitrogen and oxygen atoms in total. The Morgan fingerprint density at radius 2 is 0.333 bits per heavy atom. The quantitative estimate of drug-likeness (QED) is 0.526. The maximum absolute atomic E-state index is 0. The normalized spacial score (nSPS) is 0. The van der Waals surface area contributed by atoms with Crippen LogP contribution in [-0.2, 0) is 98.6 Å². The summed E-state index contributed by atoms with van der Waals surface area (Å²) in [6, 6.07) is 0. The van der Waals surface area contributed by atoms with E-state index in [4.69, 9.17) is 0 Å². The zero-order valence-corrected chi connectivity index (χ0v) is 8.22. The van der Waals surface area contributed by atoms with Crippen molar-refractivity contribution in [3.63, 3.8) is 0 Å². The van der Waals surface area contributed by atoms with Crippen molar-refractivity contribution < 1.29 is 98.6 Å². The van der Waals surface area contributed by atoms with Gasteiger partial charge < -0.3 is 27.4 Å². The molecule has 0 aliphatic rings. The molecule has 0 aliphatic heterocycles. The van der Waals surface area contributed by atoms with Gasteiger partial charge in [-0.15, -0.1) is 0 Å². The number of rotatable bonds is 0. The second-order valence-electron chi connectivity index (χ2n) is 0. The van der Waals surface area contributed by atoms with Crippen molar-refractivity contribution >= 4 is 0 Å². The van der Waals surface area contributed by atoms with Gasteiger partial charge in [0.25, 0.3) is 0 Å². The van der Waals surface area contributed by atoms with Gasteiger partial charge in [-0.05, 0) is 0 Å². The summed E-state index contributed by atoms with van der Waals surface area (Å²) in [7, 11) is 0. The van der Waals surface area contributed by atoms with E-state index >= 15 is 0 Å². The van der Waals surface area contributed by atoms with Crippen molar-refractivity contribution in [1.82, 2.24) is 0 Å². The first-order chi connectivity index (χ1) is 0. The molecule has 0 aromatic carbocycles. The first kappa shape index (κ1) is 273. The Bertz CT molecular complexity index is 12.9. The minimum Gasteiger partial charge on any atom is -2.00 e. The summed E-state index contributed by atoms with van der Waals surface area (Å²) in [6.07, 6.45) is 0. The van der Waals surface area contributed by atoms with Gasteiger partial charge in [0.15, 0.2) is 0 Å². The molecule has 0 rings (SSSR count). The molecule has 9 heavy (non-hydrogen) atoms. The molecule has 0 unspecified atom stereocenters. The zero-order chi connectivity index (χ0) is 0. The third-order valence-electron chi connectivity index (χ3n) is 0. The Morgan fingerprint density at radius 1 is 0.333 bits per heavy atom. The van der Waals surface area contributed by atoms with Crippen LogP contribution in [0.5, 0.6) is 0 Å². The summed E-state index contributed by atoms with van der Waals surface area (Å²) < 4.78 is 0. The van der Waals surface area contributed by atoms with Gasteiger partial charge in [0.2, 0.25) is 0 Å². The molecule has 0 heterocycles. The standard InChI is InChI=1S/2Cu.5O.2V/q;;5*-2;2*+5. The second kappa shape index (κ2) is 201. The number of hydrogen-bond acceptors (Lipinski definition) is 0. The van der Waals surface area contributed by atoms with E-state index in [9.17, 15) is 0 Å². The van der Waals surface area contributed by atoms with Crippen LogP contribution in [-0.4, -0.2) is 0 Å². The molecule has 0 aliphatic carbocycles. The average molecular weight is 309 g/mol. The van der Waals surface area contributed by atoms with Crippen LogP contribution in [0.4, 0.5) is 0 Å². The average Bonchev–Trinajstić information content (AvgIpc) is 0. The predicted molar refractivity (Wildman–Crippen MR) is 3.43 cm³/mol. The molecule has 2 radical (unpaired) electrons. The van der Waals surface area contributed by atoms with Crippen LogP contribution in [0.3, 0.4) is 0 Å². The monoisotopic (exact) mass is 308 g/mol. The van der Waals surface area contributed by atoms with Gasteiger partial charge in [0, 0.05) is 34.1 Å². The molecule has 62 valence electrons. The predicted octanol–water partition coefficient (Wildman–Crippen LogP) is -0.604. The molecule has 0 saturated heterocycles. The molecule has 0 N–H and O–H groups in total. The van der Waals surface area contributed by atoms with Crippen molar-refractivity contribution in [3.8, 4) is 0 Å². The van der Waals surface area contributed by atoms with Crippen molar-refractivity contribution in [2.75, 3.05) is 0 Å². The Morgan fingerprint density at radius 3 is 0.333 bits per heavy atom. The van der Waals surface area contributed by atoms with E-state index < -0.39 is 0 Å². The first-order valence-corrected chi connectivity index (χ1v) is 0. The second-order valence-corrected chi connectivity index (χ2v) is 0. The summed E-state index contributed by atoms with van der Waals surface area (Å²) >= 11 is 0. The topological polar surface area (TPSA) is 142 Å². The van der Waals surface area contributed by atoms with Crippen molar-refractivity contribution in [2.24, 2.45) is 0 Å². The van der Waals surface area contributed by atoms with Gasteiger partial charge in [-0.25, -0.2) is 0 Å². The van der Waals surface area contributed by atoms with E-state index in [0.717, 1.165) is 0 Å². The Hall–Kier alpha value is 2.01. The van der Waals surface area contributed by atoms with Crippen molar-refractivity contribution in [3.05, 3.63) is 0 Å². The molecule has 0 spiro atoms. The van der Waals surface area contributed by atoms with E-state index in [-0.39, 0.29) is 98.6 Å². The molecule has 0 aromatic rings. The van der Waals surface area contributed by atoms with Gasteiger partial charge in [-0.1, -0.05) is 0 Å². The van der Waals surface area contributed by atoms with E-state index in [1.165, 1.54) is 0 Å². The van der Waals surface area contributed by atoms with Gasteiger partial charge in [-0.3, -0.25) is 0 Å². The molecular formula is Cu2O5V2. The summed E-state index contributed by atoms with van der Waals surface area (Å²) in [5, 5.41) is 0. The molecule has 9 heteroatoms. The minimum atomic E-state index is 0. The molecule has 0 atom stereocenters. The summed E-state index contributed by atoms with van der Waals surface area (Å²) in [5.41, 5.74) is 0. The Balaban J connectivity index is 0. The van der Waals surface area contributed by atoms with Crippen LogP contribution in [0, 0.1) is 0 Å². The van der Waals surface area contributed by atoms with Gasteiger partial charge in [0.05, 0.1) is 0 Å². The minimum absolute atomic E-state index is 0. The van der Waals surface area contributed by atoms with Crippen LogP contribution < -0.4 is 0 Å². The van der Waals surface area contributed by atoms with E-state index in [1.54, 1.807) is 0 Å². The molecular weight excluding hydrogens is 309 g/mol. The van der Waals surface area contributed by atoms with Gasteiger partial charge in [-0.2, -0.15) is 0 Å². The van der Waals surface area contributed by atoms with Crippen molar-refractivity contribution in [2.45, 2.75) is 0 Å². The third kappa shape index (κ3) is 159. The van der Waals surface area contributed by atoms with E-state index in [2.05, 4.69) is 0 Å². The largest absolute Gasteiger partial charge is 5.00 e. The van der Waals surface area contributed by atoms with Crippen molar-refractivity contribution in [1.29, 1.82) is 0 Å². The van der Waals surface area contributed by atoms with E-state index in [0.29, 0.717) is 0 Å². The molecule has 0 bridgehead atoms. The third-order valence-corrected chi connectivity index (χ3v) is 0. The van der Waals surface area contributed by atoms with Crippen LogP contribution in [0.1, 0.15) is 0 Å². The Kier molecular flexibility index (Phi) is 6120. The summed E-state index contributed by atoms with van der Waals surface area (Å²) in [6.45, 7) is 0. The zero-order valence-electron chi connectivity index (χ0n) is 3.54. The molecule has 0 fully saturated rings. The fourth-order valence-corrected chi connectivity index (χ4v) is 0. The maximum atomic E-state index is 0. The fraction of sp³-hybridized carbons (Fsp3) is 0. The SMILES string of the molecule is [Cu].[Cu].[O-2].[O-2].[O-2].[O-2].[O-2].[V+5].[V+5]. The fourth-order valence-electron chi connectivity index (χ4n) is 0. The van der Waals surface area contributed by atoms with Gasteiger partial charge in [0.1, 0.15) is 0 Å². The van der Waals surface area contributed by atoms with Crippen LogP contribution in [0.15, 0.2) is 0 Å². The molecule has 0 saturated carbocycles. The van der Waals surface area contributed by atoms with E-state index in [1.807, 2.05) is 0 Å². The first-order valence-electron chi connectivity index (χ1n) is 0. The van der Waals surface area contributed by atoms with Crippen LogP contribution >= 0.6 is 0 Å². The molecule has 0 aromatic heterocycles. The summed E-state index contributed by atoms with van der Waals surface area (Å²) in [4.78, 5) is 0. The maximum Gasteiger partial charge on any atom is 5.00 e. The molecule has 0 amide bonds. The number of hydrogen-bond donors (Lipinski definition) is 0. The Labute approximate surface area is 98.0 Å². The van der Waals surface area contributed by atoms with Crippen LogP contribution in [0.25, 0.3) is 0 Å². The smallest absolute Gasteiger partial charge is 2.00 e.